The van der Waals surface area contributed by atoms with Gasteiger partial charge in [-0.2, -0.15) is 13.2 Å². The zero-order chi connectivity index (χ0) is 27.2. The number of hydrogen-bond donors (Lipinski definition) is 3. The van der Waals surface area contributed by atoms with Gasteiger partial charge >= 0.3 is 12.1 Å². The number of halogens is 3. The van der Waals surface area contributed by atoms with Crippen molar-refractivity contribution >= 4 is 39.7 Å². The first-order valence-corrected chi connectivity index (χ1v) is 11.9. The molecule has 0 aliphatic rings. The molecule has 9 heteroatoms. The number of alkyl halides is 3. The summed E-state index contributed by atoms with van der Waals surface area (Å²) in [5.74, 6) is -1.12. The summed E-state index contributed by atoms with van der Waals surface area (Å²) in [7, 11) is 0. The van der Waals surface area contributed by atoms with Gasteiger partial charge in [0.05, 0.1) is 27.8 Å². The third-order valence-electron chi connectivity index (χ3n) is 6.49. The van der Waals surface area contributed by atoms with Gasteiger partial charge in [0.2, 0.25) is 5.88 Å². The third-order valence-corrected chi connectivity index (χ3v) is 6.49. The van der Waals surface area contributed by atoms with Crippen molar-refractivity contribution in [3.63, 3.8) is 0 Å². The second-order valence-corrected chi connectivity index (χ2v) is 9.31. The Morgan fingerprint density at radius 3 is 2.47 bits per heavy atom. The number of rotatable bonds is 6. The van der Waals surface area contributed by atoms with E-state index in [9.17, 15) is 23.1 Å². The predicted octanol–water partition coefficient (Wildman–Crippen LogP) is 7.22. The van der Waals surface area contributed by atoms with E-state index < -0.39 is 17.7 Å². The molecular weight excluding hydrogens is 495 g/mol. The predicted molar refractivity (Wildman–Crippen MR) is 141 cm³/mol. The smallest absolute Gasteiger partial charge is 0.416 e. The number of aromatic hydroxyl groups is 1. The fourth-order valence-corrected chi connectivity index (χ4v) is 4.83. The van der Waals surface area contributed by atoms with Crippen molar-refractivity contribution in [1.82, 2.24) is 9.55 Å². The average Bonchev–Trinajstić information content (AvgIpc) is 3.38. The number of aryl methyl sites for hydroxylation is 3. The van der Waals surface area contributed by atoms with E-state index in [1.54, 1.807) is 30.5 Å². The van der Waals surface area contributed by atoms with Gasteiger partial charge in [-0.1, -0.05) is 24.3 Å². The van der Waals surface area contributed by atoms with Crippen LogP contribution in [0.2, 0.25) is 0 Å². The van der Waals surface area contributed by atoms with Crippen molar-refractivity contribution < 1.29 is 28.2 Å². The summed E-state index contributed by atoms with van der Waals surface area (Å²) in [6.45, 7) is 3.76. The maximum atomic E-state index is 13.6. The number of H-pyrrole nitrogens is 1. The Balaban J connectivity index is 1.66. The molecule has 3 aromatic carbocycles. The number of aliphatic carboxylic acids is 1. The fraction of sp³-hybridized carbons (Fsp3) is 0.172. The molecule has 0 spiro atoms. The van der Waals surface area contributed by atoms with Crippen LogP contribution in [-0.2, 0) is 17.4 Å². The number of benzene rings is 3. The van der Waals surface area contributed by atoms with Crippen molar-refractivity contribution in [2.45, 2.75) is 32.9 Å². The number of carboxylic acid groups (broad SMARTS) is 1. The van der Waals surface area contributed by atoms with Crippen LogP contribution in [0.5, 0.6) is 5.88 Å². The van der Waals surface area contributed by atoms with Gasteiger partial charge in [0.15, 0.2) is 0 Å². The molecule has 6 nitrogen and oxygen atoms in total. The van der Waals surface area contributed by atoms with Crippen LogP contribution in [0.4, 0.5) is 18.9 Å². The van der Waals surface area contributed by atoms with Crippen LogP contribution in [0, 0.1) is 13.8 Å². The van der Waals surface area contributed by atoms with Crippen molar-refractivity contribution in [3.8, 4) is 11.6 Å². The molecule has 5 aromatic rings. The van der Waals surface area contributed by atoms with E-state index >= 15 is 0 Å². The molecular formula is C29H24F3N3O3. The normalized spacial score (nSPS) is 12.2. The molecule has 0 radical (unpaired) electrons. The van der Waals surface area contributed by atoms with Crippen LogP contribution in [-0.4, -0.2) is 31.9 Å². The molecule has 0 atom stereocenters. The maximum absolute atomic E-state index is 13.6. The summed E-state index contributed by atoms with van der Waals surface area (Å²) in [6.07, 6.45) is -1.01. The number of aromatic amines is 1. The molecule has 0 fully saturated rings. The van der Waals surface area contributed by atoms with Crippen LogP contribution < -0.4 is 0 Å². The molecule has 0 saturated carbocycles. The molecule has 3 N–H and O–H groups in total. The Morgan fingerprint density at radius 1 is 1.05 bits per heavy atom. The standard InChI is InChI=1S/C29H24F3N3O3/c1-16-10-17(2)12-20(11-16)35-25-13-19(29(30,31)32)7-8-22(25)23(28(35)38)15-33-24-5-3-4-21-18(6-9-26(36)37)14-34-27(21)24/h3-5,7-8,10-15,34,38H,6,9H2,1-2H3,(H,36,37). The lowest BCUT2D eigenvalue weighted by atomic mass is 10.1. The number of carbonyl (C=O) groups is 1. The van der Waals surface area contributed by atoms with E-state index in [0.717, 1.165) is 34.2 Å². The van der Waals surface area contributed by atoms with Crippen LogP contribution in [0.3, 0.4) is 0 Å². The van der Waals surface area contributed by atoms with E-state index in [1.807, 2.05) is 26.0 Å². The SMILES string of the molecule is Cc1cc(C)cc(-n2c(O)c(C=Nc3cccc4c(CCC(=O)O)c[nH]c34)c3ccc(C(F)(F)F)cc32)c1. The Hall–Kier alpha value is -4.53. The van der Waals surface area contributed by atoms with Gasteiger partial charge in [-0.05, 0) is 67.3 Å². The molecule has 38 heavy (non-hydrogen) atoms. The van der Waals surface area contributed by atoms with Crippen molar-refractivity contribution in [2.24, 2.45) is 4.99 Å². The number of carboxylic acids is 1. The first-order valence-electron chi connectivity index (χ1n) is 11.9. The number of fused-ring (bicyclic) bond motifs is 2. The van der Waals surface area contributed by atoms with Gasteiger partial charge in [-0.3, -0.25) is 14.4 Å². The summed E-state index contributed by atoms with van der Waals surface area (Å²) in [5.41, 5.74) is 4.10. The Bertz CT molecular complexity index is 1710. The first kappa shape index (κ1) is 25.1. The number of aliphatic imine (C=N–C) groups is 1. The molecule has 0 aliphatic heterocycles. The quantitative estimate of drug-likeness (QED) is 0.207. The van der Waals surface area contributed by atoms with Gasteiger partial charge in [0, 0.05) is 35.3 Å². The van der Waals surface area contributed by atoms with E-state index in [2.05, 4.69) is 9.98 Å². The lowest BCUT2D eigenvalue weighted by Crippen LogP contribution is -2.05. The van der Waals surface area contributed by atoms with Crippen molar-refractivity contribution in [1.29, 1.82) is 0 Å². The Morgan fingerprint density at radius 2 is 1.79 bits per heavy atom. The Kier molecular flexibility index (Phi) is 6.22. The topological polar surface area (TPSA) is 90.6 Å². The molecule has 0 bridgehead atoms. The number of hydrogen-bond acceptors (Lipinski definition) is 3. The minimum atomic E-state index is -4.54. The number of para-hydroxylation sites is 1. The zero-order valence-corrected chi connectivity index (χ0v) is 20.6. The minimum Gasteiger partial charge on any atom is -0.494 e. The number of nitrogens with one attached hydrogen (secondary N) is 1. The fourth-order valence-electron chi connectivity index (χ4n) is 4.83. The molecule has 0 aliphatic carbocycles. The van der Waals surface area contributed by atoms with Crippen LogP contribution >= 0.6 is 0 Å². The van der Waals surface area contributed by atoms with Crippen molar-refractivity contribution in [3.05, 3.63) is 88.6 Å². The number of aromatic nitrogens is 2. The van der Waals surface area contributed by atoms with Gasteiger partial charge in [0.1, 0.15) is 0 Å². The summed E-state index contributed by atoms with van der Waals surface area (Å²) < 4.78 is 42.1. The largest absolute Gasteiger partial charge is 0.494 e. The van der Waals surface area contributed by atoms with E-state index in [4.69, 9.17) is 5.11 Å². The summed E-state index contributed by atoms with van der Waals surface area (Å²) >= 11 is 0. The van der Waals surface area contributed by atoms with E-state index in [0.29, 0.717) is 28.7 Å². The molecule has 2 aromatic heterocycles. The second kappa shape index (κ2) is 9.41. The van der Waals surface area contributed by atoms with Crippen LogP contribution in [0.1, 0.15) is 34.2 Å². The van der Waals surface area contributed by atoms with Crippen molar-refractivity contribution in [2.75, 3.05) is 0 Å². The molecule has 194 valence electrons. The summed E-state index contributed by atoms with van der Waals surface area (Å²) in [6, 6.07) is 14.3. The van der Waals surface area contributed by atoms with Gasteiger partial charge in [-0.15, -0.1) is 0 Å². The first-order chi connectivity index (χ1) is 18.0. The highest BCUT2D eigenvalue weighted by Crippen LogP contribution is 2.38. The lowest BCUT2D eigenvalue weighted by molar-refractivity contribution is -0.138. The molecule has 0 saturated heterocycles. The van der Waals surface area contributed by atoms with Crippen LogP contribution in [0.25, 0.3) is 27.5 Å². The van der Waals surface area contributed by atoms with E-state index in [-0.39, 0.29) is 23.4 Å². The molecule has 0 unspecified atom stereocenters. The molecule has 0 amide bonds. The highest BCUT2D eigenvalue weighted by molar-refractivity contribution is 6.05. The number of nitrogens with zero attached hydrogens (tertiary/aromatic N) is 2. The Labute approximate surface area is 215 Å². The maximum Gasteiger partial charge on any atom is 0.416 e. The third kappa shape index (κ3) is 4.63. The average molecular weight is 520 g/mol. The molecule has 5 rings (SSSR count). The molecule has 2 heterocycles. The van der Waals surface area contributed by atoms with Gasteiger partial charge in [-0.25, -0.2) is 0 Å². The summed E-state index contributed by atoms with van der Waals surface area (Å²) in [4.78, 5) is 18.7. The zero-order valence-electron chi connectivity index (χ0n) is 20.6. The lowest BCUT2D eigenvalue weighted by Gasteiger charge is -2.11. The van der Waals surface area contributed by atoms with Crippen LogP contribution in [0.15, 0.2) is 65.8 Å². The monoisotopic (exact) mass is 519 g/mol. The highest BCUT2D eigenvalue weighted by Gasteiger charge is 2.31. The van der Waals surface area contributed by atoms with Gasteiger partial charge < -0.3 is 15.2 Å². The van der Waals surface area contributed by atoms with E-state index in [1.165, 1.54) is 16.8 Å². The minimum absolute atomic E-state index is 0.00776. The van der Waals surface area contributed by atoms with Gasteiger partial charge in [0.25, 0.3) is 0 Å². The second-order valence-electron chi connectivity index (χ2n) is 9.31. The summed E-state index contributed by atoms with van der Waals surface area (Å²) in [5, 5.41) is 21.5. The highest BCUT2D eigenvalue weighted by atomic mass is 19.4.